The zero-order valence-corrected chi connectivity index (χ0v) is 13.2. The van der Waals surface area contributed by atoms with Gasteiger partial charge < -0.3 is 5.73 Å². The third kappa shape index (κ3) is 4.58. The Balaban J connectivity index is 1.89. The summed E-state index contributed by atoms with van der Waals surface area (Å²) in [4.78, 5) is 10.9. The number of carbonyl (C=O) groups is 1. The zero-order valence-electron chi connectivity index (χ0n) is 12.3. The molecule has 1 aliphatic rings. The van der Waals surface area contributed by atoms with Gasteiger partial charge >= 0.3 is 0 Å². The van der Waals surface area contributed by atoms with Gasteiger partial charge in [0.2, 0.25) is 15.9 Å². The molecule has 1 aromatic carbocycles. The number of primary amides is 1. The lowest BCUT2D eigenvalue weighted by Crippen LogP contribution is -2.35. The van der Waals surface area contributed by atoms with Crippen molar-refractivity contribution in [3.63, 3.8) is 0 Å². The van der Waals surface area contributed by atoms with E-state index in [1.807, 2.05) is 0 Å². The quantitative estimate of drug-likeness (QED) is 0.822. The summed E-state index contributed by atoms with van der Waals surface area (Å²) in [6, 6.07) is 6.56. The van der Waals surface area contributed by atoms with Crippen molar-refractivity contribution in [3.8, 4) is 11.8 Å². The van der Waals surface area contributed by atoms with Crippen molar-refractivity contribution in [1.82, 2.24) is 4.72 Å². The molecule has 0 saturated heterocycles. The van der Waals surface area contributed by atoms with Crippen LogP contribution in [0.1, 0.15) is 48.0 Å². The molecule has 22 heavy (non-hydrogen) atoms. The summed E-state index contributed by atoms with van der Waals surface area (Å²) in [7, 11) is -3.27. The molecule has 6 heteroatoms. The van der Waals surface area contributed by atoms with E-state index < -0.39 is 15.9 Å². The Labute approximate surface area is 131 Å². The first kappa shape index (κ1) is 16.5. The second kappa shape index (κ2) is 7.43. The molecule has 5 nitrogen and oxygen atoms in total. The highest BCUT2D eigenvalue weighted by Crippen LogP contribution is 2.22. The van der Waals surface area contributed by atoms with Gasteiger partial charge in [-0.2, -0.15) is 0 Å². The maximum atomic E-state index is 12.1. The fraction of sp³-hybridized carbons (Fsp3) is 0.438. The average Bonchev–Trinajstić information content (AvgIpc) is 2.53. The number of hydrogen-bond donors (Lipinski definition) is 2. The maximum absolute atomic E-state index is 12.1. The van der Waals surface area contributed by atoms with E-state index in [0.717, 1.165) is 32.1 Å². The Morgan fingerprint density at radius 2 is 1.82 bits per heavy atom. The molecule has 0 unspecified atom stereocenters. The van der Waals surface area contributed by atoms with Gasteiger partial charge in [0.1, 0.15) is 0 Å². The van der Waals surface area contributed by atoms with Crippen LogP contribution in [-0.2, 0) is 10.0 Å². The van der Waals surface area contributed by atoms with Gasteiger partial charge in [-0.05, 0) is 37.1 Å². The summed E-state index contributed by atoms with van der Waals surface area (Å²) in [5.74, 6) is 5.16. The molecule has 1 aromatic rings. The molecule has 3 N–H and O–H groups in total. The molecule has 2 rings (SSSR count). The lowest BCUT2D eigenvalue weighted by atomic mass is 10.0. The minimum atomic E-state index is -3.27. The van der Waals surface area contributed by atoms with Crippen LogP contribution < -0.4 is 10.5 Å². The fourth-order valence-electron chi connectivity index (χ4n) is 2.49. The Morgan fingerprint density at radius 3 is 2.41 bits per heavy atom. The number of rotatable bonds is 4. The van der Waals surface area contributed by atoms with E-state index in [1.165, 1.54) is 0 Å². The molecule has 1 aliphatic carbocycles. The van der Waals surface area contributed by atoms with E-state index in [1.54, 1.807) is 24.3 Å². The number of hydrogen-bond acceptors (Lipinski definition) is 3. The van der Waals surface area contributed by atoms with E-state index in [9.17, 15) is 13.2 Å². The molecule has 0 heterocycles. The lowest BCUT2D eigenvalue weighted by Gasteiger charge is -2.21. The number of amides is 1. The average molecular weight is 320 g/mol. The molecule has 0 atom stereocenters. The first-order valence-electron chi connectivity index (χ1n) is 7.36. The van der Waals surface area contributed by atoms with Crippen molar-refractivity contribution in [2.45, 2.75) is 37.4 Å². The Hall–Kier alpha value is -1.84. The molecule has 0 spiro atoms. The first-order chi connectivity index (χ1) is 10.5. The van der Waals surface area contributed by atoms with Crippen molar-refractivity contribution >= 4 is 15.9 Å². The van der Waals surface area contributed by atoms with Crippen LogP contribution in [0.4, 0.5) is 0 Å². The summed E-state index contributed by atoms with van der Waals surface area (Å²) in [5, 5.41) is -0.280. The molecule has 1 amide bonds. The third-order valence-electron chi connectivity index (χ3n) is 3.75. The lowest BCUT2D eigenvalue weighted by molar-refractivity contribution is 0.100. The van der Waals surface area contributed by atoms with Crippen LogP contribution in [0.5, 0.6) is 0 Å². The van der Waals surface area contributed by atoms with Crippen molar-refractivity contribution in [3.05, 3.63) is 35.4 Å². The van der Waals surface area contributed by atoms with E-state index in [2.05, 4.69) is 16.6 Å². The van der Waals surface area contributed by atoms with Crippen LogP contribution in [-0.4, -0.2) is 26.1 Å². The molecular weight excluding hydrogens is 300 g/mol. The van der Waals surface area contributed by atoms with Gasteiger partial charge in [0.15, 0.2) is 0 Å². The van der Waals surface area contributed by atoms with Crippen molar-refractivity contribution in [1.29, 1.82) is 0 Å². The van der Waals surface area contributed by atoms with Crippen LogP contribution in [0.15, 0.2) is 24.3 Å². The second-order valence-corrected chi connectivity index (χ2v) is 7.41. The van der Waals surface area contributed by atoms with Gasteiger partial charge in [0.05, 0.1) is 11.8 Å². The Kier molecular flexibility index (Phi) is 5.58. The van der Waals surface area contributed by atoms with Gasteiger partial charge in [-0.25, -0.2) is 13.1 Å². The Morgan fingerprint density at radius 1 is 1.18 bits per heavy atom. The van der Waals surface area contributed by atoms with Crippen LogP contribution in [0.3, 0.4) is 0 Å². The molecule has 0 aliphatic heterocycles. The highest BCUT2D eigenvalue weighted by atomic mass is 32.2. The minimum Gasteiger partial charge on any atom is -0.366 e. The number of benzene rings is 1. The summed E-state index contributed by atoms with van der Waals surface area (Å²) >= 11 is 0. The fourth-order valence-corrected chi connectivity index (χ4v) is 3.96. The number of nitrogens with one attached hydrogen (secondary N) is 1. The molecule has 0 aromatic heterocycles. The topological polar surface area (TPSA) is 89.3 Å². The predicted molar refractivity (Wildman–Crippen MR) is 85.6 cm³/mol. The number of nitrogens with two attached hydrogens (primary N) is 1. The molecule has 1 fully saturated rings. The standard InChI is InChI=1S/C16H20N2O3S/c17-16(19)14-10-8-13(9-11-14)5-4-12-18-22(20,21)15-6-2-1-3-7-15/h8-11,15,18H,1-3,6-7,12H2,(H2,17,19). The van der Waals surface area contributed by atoms with Crippen LogP contribution in [0, 0.1) is 11.8 Å². The Bertz CT molecular complexity index is 678. The summed E-state index contributed by atoms with van der Waals surface area (Å²) < 4.78 is 26.7. The van der Waals surface area contributed by atoms with Crippen LogP contribution in [0.25, 0.3) is 0 Å². The highest BCUT2D eigenvalue weighted by Gasteiger charge is 2.26. The molecule has 0 radical (unpaired) electrons. The van der Waals surface area contributed by atoms with Crippen LogP contribution >= 0.6 is 0 Å². The normalized spacial score (nSPS) is 15.8. The monoisotopic (exact) mass is 320 g/mol. The largest absolute Gasteiger partial charge is 0.366 e. The maximum Gasteiger partial charge on any atom is 0.248 e. The number of sulfonamides is 1. The smallest absolute Gasteiger partial charge is 0.248 e. The number of carbonyl (C=O) groups excluding carboxylic acids is 1. The minimum absolute atomic E-state index is 0.0937. The third-order valence-corrected chi connectivity index (χ3v) is 5.65. The van der Waals surface area contributed by atoms with Gasteiger partial charge in [-0.15, -0.1) is 0 Å². The van der Waals surface area contributed by atoms with E-state index >= 15 is 0 Å². The zero-order chi connectivity index (χ0) is 16.0. The van der Waals surface area contributed by atoms with Crippen molar-refractivity contribution < 1.29 is 13.2 Å². The molecule has 118 valence electrons. The van der Waals surface area contributed by atoms with Gasteiger partial charge in [-0.1, -0.05) is 31.1 Å². The van der Waals surface area contributed by atoms with Crippen molar-refractivity contribution in [2.24, 2.45) is 5.73 Å². The summed E-state index contributed by atoms with van der Waals surface area (Å²) in [6.07, 6.45) is 4.54. The van der Waals surface area contributed by atoms with E-state index in [4.69, 9.17) is 5.73 Å². The van der Waals surface area contributed by atoms with Crippen LogP contribution in [0.2, 0.25) is 0 Å². The SMILES string of the molecule is NC(=O)c1ccc(C#CCNS(=O)(=O)C2CCCCC2)cc1. The molecule has 0 bridgehead atoms. The summed E-state index contributed by atoms with van der Waals surface area (Å²) in [6.45, 7) is 0.0937. The van der Waals surface area contributed by atoms with Gasteiger partial charge in [0, 0.05) is 11.1 Å². The van der Waals surface area contributed by atoms with Gasteiger partial charge in [0.25, 0.3) is 0 Å². The summed E-state index contributed by atoms with van der Waals surface area (Å²) in [5.41, 5.74) is 6.28. The van der Waals surface area contributed by atoms with E-state index in [0.29, 0.717) is 11.1 Å². The molecular formula is C16H20N2O3S. The van der Waals surface area contributed by atoms with E-state index in [-0.39, 0.29) is 11.8 Å². The molecule has 1 saturated carbocycles. The predicted octanol–water partition coefficient (Wildman–Crippen LogP) is 1.39. The van der Waals surface area contributed by atoms with Gasteiger partial charge in [-0.3, -0.25) is 4.79 Å². The second-order valence-electron chi connectivity index (χ2n) is 5.37. The first-order valence-corrected chi connectivity index (χ1v) is 8.91. The van der Waals surface area contributed by atoms with Crippen molar-refractivity contribution in [2.75, 3.05) is 6.54 Å². The highest BCUT2D eigenvalue weighted by molar-refractivity contribution is 7.90.